The molecule has 0 N–H and O–H groups in total. The zero-order valence-corrected chi connectivity index (χ0v) is 15.1. The Bertz CT molecular complexity index is 818. The summed E-state index contributed by atoms with van der Waals surface area (Å²) in [6.45, 7) is 0.608. The standard InChI is InChI=1S/C22H21NOS/c1-23(16-18-10-4-2-5-11-18)22(24)20-14-8-9-15-21(20)25-17-19-12-6-3-7-13-19/h2-15H,16-17H2,1H3. The van der Waals surface area contributed by atoms with Gasteiger partial charge in [-0.15, -0.1) is 11.8 Å². The van der Waals surface area contributed by atoms with Crippen molar-refractivity contribution in [2.75, 3.05) is 7.05 Å². The lowest BCUT2D eigenvalue weighted by Gasteiger charge is -2.19. The molecule has 3 rings (SSSR count). The molecule has 3 aromatic carbocycles. The van der Waals surface area contributed by atoms with Gasteiger partial charge in [-0.1, -0.05) is 72.8 Å². The van der Waals surface area contributed by atoms with E-state index >= 15 is 0 Å². The van der Waals surface area contributed by atoms with Crippen LogP contribution in [-0.2, 0) is 12.3 Å². The highest BCUT2D eigenvalue weighted by Gasteiger charge is 2.16. The van der Waals surface area contributed by atoms with Crippen LogP contribution in [0.5, 0.6) is 0 Å². The first kappa shape index (κ1) is 17.3. The molecule has 0 unspecified atom stereocenters. The first-order valence-electron chi connectivity index (χ1n) is 8.29. The van der Waals surface area contributed by atoms with Gasteiger partial charge >= 0.3 is 0 Å². The lowest BCUT2D eigenvalue weighted by molar-refractivity contribution is 0.0781. The highest BCUT2D eigenvalue weighted by molar-refractivity contribution is 7.98. The fraction of sp³-hybridized carbons (Fsp3) is 0.136. The number of carbonyl (C=O) groups is 1. The normalized spacial score (nSPS) is 10.4. The van der Waals surface area contributed by atoms with Crippen molar-refractivity contribution in [3.63, 3.8) is 0 Å². The third kappa shape index (κ3) is 4.74. The van der Waals surface area contributed by atoms with Crippen molar-refractivity contribution in [1.82, 2.24) is 4.90 Å². The van der Waals surface area contributed by atoms with Gasteiger partial charge < -0.3 is 4.90 Å². The summed E-state index contributed by atoms with van der Waals surface area (Å²) in [5, 5.41) is 0. The van der Waals surface area contributed by atoms with Crippen LogP contribution in [0, 0.1) is 0 Å². The van der Waals surface area contributed by atoms with E-state index in [0.29, 0.717) is 6.54 Å². The van der Waals surface area contributed by atoms with Crippen LogP contribution in [0.3, 0.4) is 0 Å². The van der Waals surface area contributed by atoms with Crippen molar-refractivity contribution in [2.24, 2.45) is 0 Å². The molecule has 0 atom stereocenters. The minimum atomic E-state index is 0.0556. The number of amides is 1. The summed E-state index contributed by atoms with van der Waals surface area (Å²) < 4.78 is 0. The minimum Gasteiger partial charge on any atom is -0.337 e. The number of hydrogen-bond acceptors (Lipinski definition) is 2. The van der Waals surface area contributed by atoms with Gasteiger partial charge in [-0.05, 0) is 23.3 Å². The van der Waals surface area contributed by atoms with E-state index in [1.165, 1.54) is 5.56 Å². The van der Waals surface area contributed by atoms with Crippen molar-refractivity contribution in [1.29, 1.82) is 0 Å². The van der Waals surface area contributed by atoms with Crippen LogP contribution in [0.25, 0.3) is 0 Å². The number of hydrogen-bond donors (Lipinski definition) is 0. The number of thioether (sulfide) groups is 1. The Morgan fingerprint density at radius 3 is 2.04 bits per heavy atom. The van der Waals surface area contributed by atoms with Gasteiger partial charge in [-0.2, -0.15) is 0 Å². The van der Waals surface area contributed by atoms with Gasteiger partial charge in [0.1, 0.15) is 0 Å². The third-order valence-electron chi connectivity index (χ3n) is 3.96. The molecule has 0 saturated carbocycles. The van der Waals surface area contributed by atoms with Crippen LogP contribution in [0.2, 0.25) is 0 Å². The number of nitrogens with zero attached hydrogens (tertiary/aromatic N) is 1. The van der Waals surface area contributed by atoms with Crippen LogP contribution >= 0.6 is 11.8 Å². The summed E-state index contributed by atoms with van der Waals surface area (Å²) in [4.78, 5) is 15.7. The molecule has 0 bridgehead atoms. The Hall–Kier alpha value is -2.52. The predicted molar refractivity (Wildman–Crippen MR) is 105 cm³/mol. The summed E-state index contributed by atoms with van der Waals surface area (Å²) in [6, 6.07) is 28.2. The molecule has 0 aliphatic carbocycles. The van der Waals surface area contributed by atoms with Crippen LogP contribution < -0.4 is 0 Å². The second kappa shape index (κ2) is 8.54. The predicted octanol–water partition coefficient (Wildman–Crippen LogP) is 5.25. The van der Waals surface area contributed by atoms with Crippen LogP contribution in [0.15, 0.2) is 89.8 Å². The van der Waals surface area contributed by atoms with Gasteiger partial charge in [0.15, 0.2) is 0 Å². The summed E-state index contributed by atoms with van der Waals surface area (Å²) in [5.41, 5.74) is 3.15. The first-order valence-corrected chi connectivity index (χ1v) is 9.28. The Kier molecular flexibility index (Phi) is 5.91. The quantitative estimate of drug-likeness (QED) is 0.568. The van der Waals surface area contributed by atoms with Gasteiger partial charge in [0.25, 0.3) is 5.91 Å². The lowest BCUT2D eigenvalue weighted by atomic mass is 10.1. The molecule has 3 heteroatoms. The van der Waals surface area contributed by atoms with Gasteiger partial charge in [0.05, 0.1) is 5.56 Å². The molecule has 0 aliphatic rings. The van der Waals surface area contributed by atoms with Gasteiger partial charge in [-0.3, -0.25) is 4.79 Å². The van der Waals surface area contributed by atoms with Crippen LogP contribution in [0.1, 0.15) is 21.5 Å². The van der Waals surface area contributed by atoms with E-state index in [2.05, 4.69) is 12.1 Å². The van der Waals surface area contributed by atoms with E-state index in [4.69, 9.17) is 0 Å². The van der Waals surface area contributed by atoms with E-state index in [-0.39, 0.29) is 5.91 Å². The maximum atomic E-state index is 12.9. The number of benzene rings is 3. The molecule has 0 aromatic heterocycles. The molecule has 3 aromatic rings. The summed E-state index contributed by atoms with van der Waals surface area (Å²) >= 11 is 1.70. The second-order valence-electron chi connectivity index (χ2n) is 5.92. The van der Waals surface area contributed by atoms with Crippen molar-refractivity contribution in [2.45, 2.75) is 17.2 Å². The molecule has 0 spiro atoms. The van der Waals surface area contributed by atoms with Crippen molar-refractivity contribution < 1.29 is 4.79 Å². The number of carbonyl (C=O) groups excluding carboxylic acids is 1. The first-order chi connectivity index (χ1) is 12.2. The maximum absolute atomic E-state index is 12.9. The van der Waals surface area contributed by atoms with Crippen molar-refractivity contribution in [3.8, 4) is 0 Å². The lowest BCUT2D eigenvalue weighted by Crippen LogP contribution is -2.26. The minimum absolute atomic E-state index is 0.0556. The van der Waals surface area contributed by atoms with Gasteiger partial charge in [-0.25, -0.2) is 0 Å². The Labute approximate surface area is 153 Å². The zero-order valence-electron chi connectivity index (χ0n) is 14.3. The fourth-order valence-corrected chi connectivity index (χ4v) is 3.64. The SMILES string of the molecule is CN(Cc1ccccc1)C(=O)c1ccccc1SCc1ccccc1. The molecular formula is C22H21NOS. The Morgan fingerprint density at radius 2 is 1.36 bits per heavy atom. The second-order valence-corrected chi connectivity index (χ2v) is 6.93. The molecule has 0 saturated heterocycles. The van der Waals surface area contributed by atoms with E-state index < -0.39 is 0 Å². The highest BCUT2D eigenvalue weighted by Crippen LogP contribution is 2.27. The third-order valence-corrected chi connectivity index (χ3v) is 5.11. The van der Waals surface area contributed by atoms with Crippen molar-refractivity contribution in [3.05, 3.63) is 102 Å². The average molecular weight is 347 g/mol. The topological polar surface area (TPSA) is 20.3 Å². The summed E-state index contributed by atoms with van der Waals surface area (Å²) in [5.74, 6) is 0.910. The zero-order chi connectivity index (χ0) is 17.5. The molecule has 25 heavy (non-hydrogen) atoms. The van der Waals surface area contributed by atoms with Crippen molar-refractivity contribution >= 4 is 17.7 Å². The summed E-state index contributed by atoms with van der Waals surface area (Å²) in [7, 11) is 1.86. The van der Waals surface area contributed by atoms with E-state index in [1.54, 1.807) is 16.7 Å². The van der Waals surface area contributed by atoms with Crippen LogP contribution in [0.4, 0.5) is 0 Å². The average Bonchev–Trinajstić information content (AvgIpc) is 2.67. The molecule has 2 nitrogen and oxygen atoms in total. The Balaban J connectivity index is 1.72. The molecule has 1 amide bonds. The molecular weight excluding hydrogens is 326 g/mol. The van der Waals surface area contributed by atoms with Crippen LogP contribution in [-0.4, -0.2) is 17.9 Å². The number of rotatable bonds is 6. The van der Waals surface area contributed by atoms with Gasteiger partial charge in [0, 0.05) is 24.2 Å². The molecule has 0 fully saturated rings. The molecule has 0 heterocycles. The monoisotopic (exact) mass is 347 g/mol. The van der Waals surface area contributed by atoms with Gasteiger partial charge in [0.2, 0.25) is 0 Å². The fourth-order valence-electron chi connectivity index (χ4n) is 2.64. The van der Waals surface area contributed by atoms with E-state index in [1.807, 2.05) is 79.8 Å². The highest BCUT2D eigenvalue weighted by atomic mass is 32.2. The maximum Gasteiger partial charge on any atom is 0.255 e. The van der Waals surface area contributed by atoms with E-state index in [9.17, 15) is 4.79 Å². The molecule has 0 aliphatic heterocycles. The van der Waals surface area contributed by atoms with E-state index in [0.717, 1.165) is 21.8 Å². The molecule has 0 radical (unpaired) electrons. The molecule has 126 valence electrons. The largest absolute Gasteiger partial charge is 0.337 e. The smallest absolute Gasteiger partial charge is 0.255 e. The summed E-state index contributed by atoms with van der Waals surface area (Å²) in [6.07, 6.45) is 0. The Morgan fingerprint density at radius 1 is 0.800 bits per heavy atom.